The van der Waals surface area contributed by atoms with Crippen LogP contribution in [0.5, 0.6) is 0 Å². The van der Waals surface area contributed by atoms with Gasteiger partial charge < -0.3 is 14.2 Å². The molecule has 0 radical (unpaired) electrons. The summed E-state index contributed by atoms with van der Waals surface area (Å²) in [5.41, 5.74) is 4.74. The molecule has 0 fully saturated rings. The Kier molecular flexibility index (Phi) is 6.42. The van der Waals surface area contributed by atoms with Crippen LogP contribution in [-0.2, 0) is 28.2 Å². The van der Waals surface area contributed by atoms with E-state index in [1.54, 1.807) is 17.0 Å². The maximum absolute atomic E-state index is 12.7. The molecule has 3 aromatic rings. The number of hydrogen-bond donors (Lipinski definition) is 0. The van der Waals surface area contributed by atoms with Crippen LogP contribution in [-0.4, -0.2) is 35.1 Å². The lowest BCUT2D eigenvalue weighted by molar-refractivity contribution is -0.135. The van der Waals surface area contributed by atoms with Gasteiger partial charge >= 0.3 is 5.97 Å². The summed E-state index contributed by atoms with van der Waals surface area (Å²) in [6, 6.07) is 15.4. The Bertz CT molecular complexity index is 1090. The molecule has 1 aliphatic heterocycles. The van der Waals surface area contributed by atoms with Crippen LogP contribution < -0.4 is 0 Å². The smallest absolute Gasteiger partial charge is 0.339 e. The number of rotatable bonds is 6. The summed E-state index contributed by atoms with van der Waals surface area (Å²) in [5.74, 6) is 0.743. The van der Waals surface area contributed by atoms with Crippen molar-refractivity contribution in [3.8, 4) is 0 Å². The fourth-order valence-corrected chi connectivity index (χ4v) is 4.82. The summed E-state index contributed by atoms with van der Waals surface area (Å²) in [7, 11) is 0. The van der Waals surface area contributed by atoms with Gasteiger partial charge in [-0.15, -0.1) is 11.8 Å². The summed E-state index contributed by atoms with van der Waals surface area (Å²) >= 11 is 1.52. The summed E-state index contributed by atoms with van der Waals surface area (Å²) in [6.45, 7) is 4.70. The Labute approximate surface area is 185 Å². The second-order valence-corrected chi connectivity index (χ2v) is 8.51. The van der Waals surface area contributed by atoms with Crippen molar-refractivity contribution < 1.29 is 18.8 Å². The molecule has 0 N–H and O–H groups in total. The average molecular weight is 437 g/mol. The second-order valence-electron chi connectivity index (χ2n) is 7.50. The normalized spacial score (nSPS) is 13.0. The van der Waals surface area contributed by atoms with E-state index in [-0.39, 0.29) is 12.5 Å². The molecule has 31 heavy (non-hydrogen) atoms. The first-order valence-corrected chi connectivity index (χ1v) is 11.2. The standard InChI is InChI=1S/C24H24N2O4S/c1-16-21(17(2)30-25-16)15-31-22-10-6-5-9-20(22)24(28)29-14-23(27)26-12-11-18-7-3-4-8-19(18)13-26/h3-10H,11-15H2,1-2H3. The number of fused-ring (bicyclic) bond motifs is 1. The van der Waals surface area contributed by atoms with Crippen molar-refractivity contribution in [2.24, 2.45) is 0 Å². The monoisotopic (exact) mass is 436 g/mol. The zero-order valence-corrected chi connectivity index (χ0v) is 18.4. The number of thioether (sulfide) groups is 1. The molecular weight excluding hydrogens is 412 g/mol. The van der Waals surface area contributed by atoms with E-state index in [0.29, 0.717) is 24.4 Å². The van der Waals surface area contributed by atoms with Gasteiger partial charge in [0.25, 0.3) is 5.91 Å². The van der Waals surface area contributed by atoms with Gasteiger partial charge in [-0.1, -0.05) is 41.6 Å². The van der Waals surface area contributed by atoms with Crippen molar-refractivity contribution in [1.82, 2.24) is 10.1 Å². The van der Waals surface area contributed by atoms with E-state index in [1.807, 2.05) is 44.2 Å². The highest BCUT2D eigenvalue weighted by atomic mass is 32.2. The van der Waals surface area contributed by atoms with Crippen LogP contribution in [0.3, 0.4) is 0 Å². The minimum atomic E-state index is -0.493. The van der Waals surface area contributed by atoms with Gasteiger partial charge in [-0.05, 0) is 43.5 Å². The zero-order valence-electron chi connectivity index (χ0n) is 17.6. The maximum Gasteiger partial charge on any atom is 0.339 e. The van der Waals surface area contributed by atoms with Crippen molar-refractivity contribution in [3.63, 3.8) is 0 Å². The zero-order chi connectivity index (χ0) is 21.8. The molecule has 2 aromatic carbocycles. The molecule has 4 rings (SSSR count). The molecule has 7 heteroatoms. The molecule has 1 amide bonds. The highest BCUT2D eigenvalue weighted by Gasteiger charge is 2.22. The molecule has 0 atom stereocenters. The number of nitrogens with zero attached hydrogens (tertiary/aromatic N) is 2. The van der Waals surface area contributed by atoms with Crippen LogP contribution in [0.15, 0.2) is 57.9 Å². The third-order valence-corrected chi connectivity index (χ3v) is 6.57. The van der Waals surface area contributed by atoms with Gasteiger partial charge in [0, 0.05) is 29.3 Å². The number of esters is 1. The predicted molar refractivity (Wildman–Crippen MR) is 118 cm³/mol. The predicted octanol–water partition coefficient (Wildman–Crippen LogP) is 4.33. The number of carbonyl (C=O) groups excluding carboxylic acids is 2. The molecule has 1 aromatic heterocycles. The first-order valence-electron chi connectivity index (χ1n) is 10.2. The first-order chi connectivity index (χ1) is 15.0. The Balaban J connectivity index is 1.36. The fourth-order valence-electron chi connectivity index (χ4n) is 3.62. The van der Waals surface area contributed by atoms with Gasteiger partial charge in [0.1, 0.15) is 5.76 Å². The molecular formula is C24H24N2O4S. The molecule has 6 nitrogen and oxygen atoms in total. The molecule has 0 saturated heterocycles. The van der Waals surface area contributed by atoms with Gasteiger partial charge in [0.05, 0.1) is 11.3 Å². The highest BCUT2D eigenvalue weighted by Crippen LogP contribution is 2.29. The summed E-state index contributed by atoms with van der Waals surface area (Å²) in [4.78, 5) is 27.9. The van der Waals surface area contributed by atoms with Gasteiger partial charge in [0.15, 0.2) is 6.61 Å². The van der Waals surface area contributed by atoms with Crippen molar-refractivity contribution in [2.75, 3.05) is 13.2 Å². The van der Waals surface area contributed by atoms with Crippen molar-refractivity contribution in [2.45, 2.75) is 37.5 Å². The highest BCUT2D eigenvalue weighted by molar-refractivity contribution is 7.98. The second kappa shape index (κ2) is 9.39. The molecule has 0 saturated carbocycles. The number of amides is 1. The Morgan fingerprint density at radius 2 is 1.84 bits per heavy atom. The summed E-state index contributed by atoms with van der Waals surface area (Å²) in [6.07, 6.45) is 0.817. The lowest BCUT2D eigenvalue weighted by Gasteiger charge is -2.28. The van der Waals surface area contributed by atoms with E-state index >= 15 is 0 Å². The van der Waals surface area contributed by atoms with Crippen LogP contribution in [0.4, 0.5) is 0 Å². The van der Waals surface area contributed by atoms with E-state index in [0.717, 1.165) is 33.9 Å². The summed E-state index contributed by atoms with van der Waals surface area (Å²) < 4.78 is 10.6. The number of ether oxygens (including phenoxy) is 1. The average Bonchev–Trinajstić information content (AvgIpc) is 3.12. The molecule has 0 unspecified atom stereocenters. The van der Waals surface area contributed by atoms with Crippen LogP contribution in [0.25, 0.3) is 0 Å². The van der Waals surface area contributed by atoms with Gasteiger partial charge in [-0.3, -0.25) is 4.79 Å². The molecule has 0 aliphatic carbocycles. The number of benzene rings is 2. The van der Waals surface area contributed by atoms with Crippen LogP contribution >= 0.6 is 11.8 Å². The molecule has 1 aliphatic rings. The van der Waals surface area contributed by atoms with Gasteiger partial charge in [0.2, 0.25) is 0 Å². The van der Waals surface area contributed by atoms with Crippen LogP contribution in [0.2, 0.25) is 0 Å². The Hall–Kier alpha value is -3.06. The quantitative estimate of drug-likeness (QED) is 0.423. The molecule has 160 valence electrons. The Morgan fingerprint density at radius 3 is 2.61 bits per heavy atom. The third-order valence-electron chi connectivity index (χ3n) is 5.47. The van der Waals surface area contributed by atoms with Gasteiger partial charge in [-0.25, -0.2) is 4.79 Å². The van der Waals surface area contributed by atoms with Crippen molar-refractivity contribution >= 4 is 23.6 Å². The fraction of sp³-hybridized carbons (Fsp3) is 0.292. The minimum absolute atomic E-state index is 0.177. The third kappa shape index (κ3) is 4.82. The minimum Gasteiger partial charge on any atom is -0.452 e. The largest absolute Gasteiger partial charge is 0.452 e. The Morgan fingerprint density at radius 1 is 1.10 bits per heavy atom. The number of carbonyl (C=O) groups is 2. The molecule has 0 spiro atoms. The molecule has 2 heterocycles. The van der Waals surface area contributed by atoms with Crippen molar-refractivity contribution in [1.29, 1.82) is 0 Å². The number of aromatic nitrogens is 1. The van der Waals surface area contributed by atoms with E-state index in [1.165, 1.54) is 17.3 Å². The summed E-state index contributed by atoms with van der Waals surface area (Å²) in [5, 5.41) is 3.97. The van der Waals surface area contributed by atoms with E-state index in [9.17, 15) is 9.59 Å². The topological polar surface area (TPSA) is 72.6 Å². The van der Waals surface area contributed by atoms with E-state index in [2.05, 4.69) is 11.2 Å². The number of aryl methyl sites for hydroxylation is 2. The lowest BCUT2D eigenvalue weighted by atomic mass is 10.00. The SMILES string of the molecule is Cc1noc(C)c1CSc1ccccc1C(=O)OCC(=O)N1CCc2ccccc2C1. The molecule has 0 bridgehead atoms. The van der Waals surface area contributed by atoms with Crippen molar-refractivity contribution in [3.05, 3.63) is 82.2 Å². The lowest BCUT2D eigenvalue weighted by Crippen LogP contribution is -2.38. The van der Waals surface area contributed by atoms with Gasteiger partial charge in [-0.2, -0.15) is 0 Å². The van der Waals surface area contributed by atoms with Crippen LogP contribution in [0, 0.1) is 13.8 Å². The maximum atomic E-state index is 12.7. The number of hydrogen-bond acceptors (Lipinski definition) is 6. The van der Waals surface area contributed by atoms with E-state index < -0.39 is 5.97 Å². The van der Waals surface area contributed by atoms with E-state index in [4.69, 9.17) is 9.26 Å². The van der Waals surface area contributed by atoms with Crippen LogP contribution in [0.1, 0.15) is 38.5 Å². The first kappa shape index (κ1) is 21.2.